The summed E-state index contributed by atoms with van der Waals surface area (Å²) in [4.78, 5) is 15.0. The summed E-state index contributed by atoms with van der Waals surface area (Å²) < 4.78 is 40.5. The standard InChI is InChI=1S/C30H27Cl2F3N4OS/c1-2-23-27(29(40)37-38-16-4-3-5-17-38)36-39(25-14-11-21(31)18-24(25)32)28(23)26-15-13-22(41-26)12-8-19-6-9-20(10-7-19)30(33,34)35/h6-7,9,11,13-15,18,20H,2-5,10,16-17H2,1H3,(H,37,40). The molecular formula is C30H27Cl2F3N4OS. The first kappa shape index (κ1) is 29.5. The van der Waals surface area contributed by atoms with Gasteiger partial charge >= 0.3 is 6.18 Å². The molecule has 1 aliphatic heterocycles. The average molecular weight is 620 g/mol. The van der Waals surface area contributed by atoms with E-state index in [-0.39, 0.29) is 12.3 Å². The van der Waals surface area contributed by atoms with E-state index in [1.165, 1.54) is 23.5 Å². The van der Waals surface area contributed by atoms with Gasteiger partial charge in [0.15, 0.2) is 5.69 Å². The van der Waals surface area contributed by atoms with Gasteiger partial charge in [-0.2, -0.15) is 18.3 Å². The Morgan fingerprint density at radius 1 is 1.15 bits per heavy atom. The Balaban J connectivity index is 1.50. The van der Waals surface area contributed by atoms with Gasteiger partial charge < -0.3 is 0 Å². The third kappa shape index (κ3) is 6.73. The van der Waals surface area contributed by atoms with Crippen LogP contribution in [0.1, 0.15) is 53.5 Å². The fourth-order valence-corrected chi connectivity index (χ4v) is 6.28. The molecule has 5 nitrogen and oxygen atoms in total. The van der Waals surface area contributed by atoms with Crippen molar-refractivity contribution in [3.63, 3.8) is 0 Å². The van der Waals surface area contributed by atoms with Crippen molar-refractivity contribution in [3.05, 3.63) is 80.3 Å². The molecule has 3 heterocycles. The number of nitrogens with one attached hydrogen (secondary N) is 1. The number of hydrazine groups is 1. The van der Waals surface area contributed by atoms with Gasteiger partial charge in [0.05, 0.1) is 32.1 Å². The number of benzene rings is 1. The molecule has 0 bridgehead atoms. The zero-order valence-corrected chi connectivity index (χ0v) is 24.5. The number of nitrogens with zero attached hydrogens (tertiary/aromatic N) is 3. The zero-order valence-electron chi connectivity index (χ0n) is 22.2. The Kier molecular flexibility index (Phi) is 8.95. The number of carbonyl (C=O) groups is 1. The summed E-state index contributed by atoms with van der Waals surface area (Å²) in [5.41, 5.74) is 5.95. The van der Waals surface area contributed by atoms with Crippen LogP contribution in [0.15, 0.2) is 54.1 Å². The van der Waals surface area contributed by atoms with E-state index in [2.05, 4.69) is 17.3 Å². The van der Waals surface area contributed by atoms with Crippen molar-refractivity contribution in [2.45, 2.75) is 45.2 Å². The Labute approximate surface area is 250 Å². The van der Waals surface area contributed by atoms with E-state index in [1.54, 1.807) is 22.9 Å². The summed E-state index contributed by atoms with van der Waals surface area (Å²) in [6.45, 7) is 3.55. The second-order valence-electron chi connectivity index (χ2n) is 9.84. The number of rotatable bonds is 5. The number of hydrogen-bond acceptors (Lipinski definition) is 4. The second kappa shape index (κ2) is 12.5. The molecule has 0 saturated carbocycles. The van der Waals surface area contributed by atoms with Gasteiger partial charge in [-0.15, -0.1) is 11.3 Å². The predicted octanol–water partition coefficient (Wildman–Crippen LogP) is 8.02. The normalized spacial score (nSPS) is 17.6. The minimum atomic E-state index is -4.26. The highest BCUT2D eigenvalue weighted by molar-refractivity contribution is 7.16. The van der Waals surface area contributed by atoms with Gasteiger partial charge in [-0.25, -0.2) is 9.69 Å². The minimum absolute atomic E-state index is 0.122. The van der Waals surface area contributed by atoms with Gasteiger partial charge in [-0.3, -0.25) is 10.2 Å². The molecule has 1 amide bonds. The molecule has 1 saturated heterocycles. The van der Waals surface area contributed by atoms with Crippen molar-refractivity contribution in [1.82, 2.24) is 20.2 Å². The van der Waals surface area contributed by atoms with Gasteiger partial charge in [0.2, 0.25) is 0 Å². The lowest BCUT2D eigenvalue weighted by Gasteiger charge is -2.26. The van der Waals surface area contributed by atoms with Crippen LogP contribution in [0.4, 0.5) is 13.2 Å². The van der Waals surface area contributed by atoms with Gasteiger partial charge in [0.1, 0.15) is 0 Å². The molecule has 214 valence electrons. The van der Waals surface area contributed by atoms with Gasteiger partial charge in [-0.1, -0.05) is 66.6 Å². The lowest BCUT2D eigenvalue weighted by molar-refractivity contribution is -0.160. The topological polar surface area (TPSA) is 50.2 Å². The number of piperidine rings is 1. The van der Waals surface area contributed by atoms with E-state index in [0.717, 1.165) is 59.4 Å². The van der Waals surface area contributed by atoms with Crippen molar-refractivity contribution < 1.29 is 18.0 Å². The fourth-order valence-electron chi connectivity index (χ4n) is 4.87. The van der Waals surface area contributed by atoms with Crippen molar-refractivity contribution in [2.24, 2.45) is 5.92 Å². The maximum absolute atomic E-state index is 13.4. The van der Waals surface area contributed by atoms with E-state index in [0.29, 0.717) is 33.4 Å². The van der Waals surface area contributed by atoms with Gasteiger partial charge in [0.25, 0.3) is 5.91 Å². The molecule has 11 heteroatoms. The van der Waals surface area contributed by atoms with E-state index >= 15 is 0 Å². The van der Waals surface area contributed by atoms with Crippen LogP contribution in [0.5, 0.6) is 0 Å². The number of allylic oxidation sites excluding steroid dienone is 4. The summed E-state index contributed by atoms with van der Waals surface area (Å²) in [6, 6.07) is 8.86. The monoisotopic (exact) mass is 618 g/mol. The Morgan fingerprint density at radius 3 is 2.59 bits per heavy atom. The summed E-state index contributed by atoms with van der Waals surface area (Å²) in [7, 11) is 0. The van der Waals surface area contributed by atoms with E-state index in [1.807, 2.05) is 24.1 Å². The molecule has 41 heavy (non-hydrogen) atoms. The molecule has 0 radical (unpaired) electrons. The Morgan fingerprint density at radius 2 is 1.93 bits per heavy atom. The van der Waals surface area contributed by atoms with E-state index in [9.17, 15) is 18.0 Å². The number of halogens is 5. The summed E-state index contributed by atoms with van der Waals surface area (Å²) in [6.07, 6.45) is 3.44. The third-order valence-electron chi connectivity index (χ3n) is 7.00. The van der Waals surface area contributed by atoms with Crippen LogP contribution in [-0.4, -0.2) is 40.0 Å². The van der Waals surface area contributed by atoms with Crippen LogP contribution >= 0.6 is 34.5 Å². The molecule has 1 unspecified atom stereocenters. The van der Waals surface area contributed by atoms with Crippen molar-refractivity contribution in [3.8, 4) is 28.1 Å². The van der Waals surface area contributed by atoms with Crippen LogP contribution < -0.4 is 5.43 Å². The largest absolute Gasteiger partial charge is 0.395 e. The van der Waals surface area contributed by atoms with Crippen molar-refractivity contribution in [1.29, 1.82) is 0 Å². The minimum Gasteiger partial charge on any atom is -0.283 e. The summed E-state index contributed by atoms with van der Waals surface area (Å²) >= 11 is 14.2. The first-order valence-corrected chi connectivity index (χ1v) is 14.9. The molecule has 3 aromatic rings. The first-order valence-electron chi connectivity index (χ1n) is 13.3. The number of carbonyl (C=O) groups excluding carboxylic acids is 1. The molecule has 2 aliphatic rings. The molecule has 1 aliphatic carbocycles. The number of alkyl halides is 3. The third-order valence-corrected chi connectivity index (χ3v) is 8.54. The molecular weight excluding hydrogens is 592 g/mol. The average Bonchev–Trinajstić information content (AvgIpc) is 3.57. The molecule has 1 aromatic carbocycles. The lowest BCUT2D eigenvalue weighted by atomic mass is 9.96. The maximum atomic E-state index is 13.4. The molecule has 1 N–H and O–H groups in total. The van der Waals surface area contributed by atoms with Crippen LogP contribution in [0.2, 0.25) is 10.0 Å². The number of amides is 1. The highest BCUT2D eigenvalue weighted by Crippen LogP contribution is 2.37. The van der Waals surface area contributed by atoms with Gasteiger partial charge in [0, 0.05) is 29.2 Å². The van der Waals surface area contributed by atoms with Gasteiger partial charge in [-0.05, 0) is 56.0 Å². The second-order valence-corrected chi connectivity index (χ2v) is 11.8. The summed E-state index contributed by atoms with van der Waals surface area (Å²) in [5, 5.41) is 7.55. The summed E-state index contributed by atoms with van der Waals surface area (Å²) in [5.74, 6) is 4.28. The zero-order chi connectivity index (χ0) is 29.1. The molecule has 1 fully saturated rings. The number of thiophene rings is 1. The quantitative estimate of drug-likeness (QED) is 0.295. The number of aromatic nitrogens is 2. The SMILES string of the molecule is CCc1c(C(=O)NN2CCCCC2)nn(-c2ccc(Cl)cc2Cl)c1-c1ccc(C#CC2=CCC(C(F)(F)F)C=C2)s1. The van der Waals surface area contributed by atoms with Crippen LogP contribution in [0.3, 0.4) is 0 Å². The Hall–Kier alpha value is -3.03. The highest BCUT2D eigenvalue weighted by Gasteiger charge is 2.37. The van der Waals surface area contributed by atoms with E-state index < -0.39 is 12.1 Å². The smallest absolute Gasteiger partial charge is 0.283 e. The van der Waals surface area contributed by atoms with Crippen LogP contribution in [0, 0.1) is 17.8 Å². The van der Waals surface area contributed by atoms with Crippen molar-refractivity contribution >= 4 is 40.4 Å². The molecule has 0 spiro atoms. The lowest BCUT2D eigenvalue weighted by Crippen LogP contribution is -2.45. The Bertz CT molecular complexity index is 1570. The molecule has 1 atom stereocenters. The first-order chi connectivity index (χ1) is 19.6. The van der Waals surface area contributed by atoms with E-state index in [4.69, 9.17) is 28.3 Å². The van der Waals surface area contributed by atoms with Crippen LogP contribution in [-0.2, 0) is 6.42 Å². The number of hydrogen-bond donors (Lipinski definition) is 1. The highest BCUT2D eigenvalue weighted by atomic mass is 35.5. The van der Waals surface area contributed by atoms with Crippen molar-refractivity contribution in [2.75, 3.05) is 13.1 Å². The maximum Gasteiger partial charge on any atom is 0.395 e. The van der Waals surface area contributed by atoms with Crippen LogP contribution in [0.25, 0.3) is 16.3 Å². The molecule has 5 rings (SSSR count). The molecule has 2 aromatic heterocycles. The predicted molar refractivity (Wildman–Crippen MR) is 157 cm³/mol. The fraction of sp³-hybridized carbons (Fsp3) is 0.333.